The monoisotopic (exact) mass is 261 g/mol. The predicted octanol–water partition coefficient (Wildman–Crippen LogP) is 2.46. The molecule has 3 nitrogen and oxygen atoms in total. The summed E-state index contributed by atoms with van der Waals surface area (Å²) in [7, 11) is 0. The molecule has 80 valence electrons. The summed E-state index contributed by atoms with van der Waals surface area (Å²) in [5.74, 6) is 0.872. The van der Waals surface area contributed by atoms with Gasteiger partial charge < -0.3 is 14.8 Å². The minimum atomic E-state index is 0.108. The first kappa shape index (κ1) is 11.8. The van der Waals surface area contributed by atoms with E-state index in [1.807, 2.05) is 19.9 Å². The smallest absolute Gasteiger partial charge is 0.134 e. The maximum atomic E-state index is 9.04. The van der Waals surface area contributed by atoms with Crippen molar-refractivity contribution in [3.05, 3.63) is 22.6 Å². The Morgan fingerprint density at radius 2 is 2.36 bits per heavy atom. The summed E-state index contributed by atoms with van der Waals surface area (Å²) in [6.45, 7) is 4.21. The molecule has 0 radical (unpaired) electrons. The van der Waals surface area contributed by atoms with Crippen LogP contribution in [-0.2, 0) is 0 Å². The third kappa shape index (κ3) is 2.83. The first-order valence-electron chi connectivity index (χ1n) is 4.78. The Bertz CT molecular complexity index is 271. The van der Waals surface area contributed by atoms with E-state index in [1.54, 1.807) is 6.26 Å². The third-order valence-corrected chi connectivity index (χ3v) is 2.89. The van der Waals surface area contributed by atoms with Crippen molar-refractivity contribution in [3.63, 3.8) is 0 Å². The van der Waals surface area contributed by atoms with Crippen LogP contribution >= 0.6 is 15.9 Å². The van der Waals surface area contributed by atoms with Crippen molar-refractivity contribution in [1.82, 2.24) is 5.32 Å². The van der Waals surface area contributed by atoms with Crippen LogP contribution in [0.4, 0.5) is 0 Å². The summed E-state index contributed by atoms with van der Waals surface area (Å²) in [6.07, 6.45) is 2.55. The van der Waals surface area contributed by atoms with Crippen LogP contribution in [0.2, 0.25) is 0 Å². The van der Waals surface area contributed by atoms with Crippen LogP contribution in [0.25, 0.3) is 0 Å². The van der Waals surface area contributed by atoms with E-state index in [-0.39, 0.29) is 18.7 Å². The standard InChI is InChI=1S/C10H16BrNO2/c1-3-8(6-13)12-7(2)10-9(11)4-5-14-10/h4-5,7-8,12-13H,3,6H2,1-2H3. The highest BCUT2D eigenvalue weighted by molar-refractivity contribution is 9.10. The summed E-state index contributed by atoms with van der Waals surface area (Å²) in [5, 5.41) is 12.3. The topological polar surface area (TPSA) is 45.4 Å². The molecule has 1 aromatic heterocycles. The second-order valence-corrected chi connectivity index (χ2v) is 4.16. The zero-order valence-corrected chi connectivity index (χ0v) is 10.0. The van der Waals surface area contributed by atoms with Crippen LogP contribution in [0.1, 0.15) is 32.1 Å². The van der Waals surface area contributed by atoms with Gasteiger partial charge in [0.1, 0.15) is 5.76 Å². The molecule has 0 amide bonds. The van der Waals surface area contributed by atoms with E-state index in [1.165, 1.54) is 0 Å². The van der Waals surface area contributed by atoms with Crippen LogP contribution in [-0.4, -0.2) is 17.8 Å². The van der Waals surface area contributed by atoms with Gasteiger partial charge in [-0.25, -0.2) is 0 Å². The third-order valence-electron chi connectivity index (χ3n) is 2.24. The average molecular weight is 262 g/mol. The molecular formula is C10H16BrNO2. The van der Waals surface area contributed by atoms with Crippen molar-refractivity contribution < 1.29 is 9.52 Å². The van der Waals surface area contributed by atoms with Gasteiger partial charge in [0.05, 0.1) is 23.4 Å². The molecular weight excluding hydrogens is 246 g/mol. The number of rotatable bonds is 5. The highest BCUT2D eigenvalue weighted by Gasteiger charge is 2.15. The summed E-state index contributed by atoms with van der Waals surface area (Å²) in [4.78, 5) is 0. The van der Waals surface area contributed by atoms with E-state index in [0.717, 1.165) is 16.7 Å². The largest absolute Gasteiger partial charge is 0.466 e. The molecule has 1 rings (SSSR count). The number of aliphatic hydroxyl groups is 1. The van der Waals surface area contributed by atoms with Gasteiger partial charge in [-0.3, -0.25) is 0 Å². The molecule has 0 spiro atoms. The zero-order chi connectivity index (χ0) is 10.6. The van der Waals surface area contributed by atoms with Gasteiger partial charge in [0.15, 0.2) is 0 Å². The van der Waals surface area contributed by atoms with Crippen molar-refractivity contribution in [1.29, 1.82) is 0 Å². The summed E-state index contributed by atoms with van der Waals surface area (Å²) in [5.41, 5.74) is 0. The first-order valence-corrected chi connectivity index (χ1v) is 5.58. The van der Waals surface area contributed by atoms with Crippen LogP contribution < -0.4 is 5.32 Å². The Hall–Kier alpha value is -0.320. The molecule has 2 N–H and O–H groups in total. The number of furan rings is 1. The summed E-state index contributed by atoms with van der Waals surface area (Å²) >= 11 is 3.40. The second kappa shape index (κ2) is 5.53. The molecule has 1 heterocycles. The van der Waals surface area contributed by atoms with Gasteiger partial charge in [0, 0.05) is 6.04 Å². The minimum Gasteiger partial charge on any atom is -0.466 e. The molecule has 4 heteroatoms. The maximum Gasteiger partial charge on any atom is 0.134 e. The fourth-order valence-corrected chi connectivity index (χ4v) is 1.89. The van der Waals surface area contributed by atoms with Gasteiger partial charge >= 0.3 is 0 Å². The molecule has 0 bridgehead atoms. The molecule has 1 aromatic rings. The van der Waals surface area contributed by atoms with Crippen LogP contribution in [0.3, 0.4) is 0 Å². The lowest BCUT2D eigenvalue weighted by Crippen LogP contribution is -2.33. The Balaban J connectivity index is 2.58. The molecule has 2 unspecified atom stereocenters. The van der Waals surface area contributed by atoms with Gasteiger partial charge in [0.25, 0.3) is 0 Å². The first-order chi connectivity index (χ1) is 6.69. The summed E-state index contributed by atoms with van der Waals surface area (Å²) < 4.78 is 6.29. The lowest BCUT2D eigenvalue weighted by Gasteiger charge is -2.19. The van der Waals surface area contributed by atoms with Gasteiger partial charge in [-0.15, -0.1) is 0 Å². The molecule has 0 aromatic carbocycles. The van der Waals surface area contributed by atoms with E-state index in [2.05, 4.69) is 21.2 Å². The van der Waals surface area contributed by atoms with Crippen LogP contribution in [0, 0.1) is 0 Å². The SMILES string of the molecule is CCC(CO)NC(C)c1occc1Br. The van der Waals surface area contributed by atoms with Crippen LogP contribution in [0.15, 0.2) is 21.2 Å². The molecule has 0 aliphatic heterocycles. The van der Waals surface area contributed by atoms with Gasteiger partial charge in [-0.1, -0.05) is 6.92 Å². The molecule has 2 atom stereocenters. The minimum absolute atomic E-state index is 0.108. The van der Waals surface area contributed by atoms with Gasteiger partial charge in [0.2, 0.25) is 0 Å². The second-order valence-electron chi connectivity index (χ2n) is 3.31. The predicted molar refractivity (Wildman–Crippen MR) is 59.1 cm³/mol. The molecule has 0 aliphatic carbocycles. The normalized spacial score (nSPS) is 15.4. The highest BCUT2D eigenvalue weighted by atomic mass is 79.9. The number of hydrogen-bond donors (Lipinski definition) is 2. The zero-order valence-electron chi connectivity index (χ0n) is 8.46. The number of halogens is 1. The van der Waals surface area contributed by atoms with E-state index < -0.39 is 0 Å². The van der Waals surface area contributed by atoms with Gasteiger partial charge in [-0.2, -0.15) is 0 Å². The van der Waals surface area contributed by atoms with E-state index in [4.69, 9.17) is 9.52 Å². The molecule has 0 saturated carbocycles. The Morgan fingerprint density at radius 1 is 1.64 bits per heavy atom. The maximum absolute atomic E-state index is 9.04. The highest BCUT2D eigenvalue weighted by Crippen LogP contribution is 2.24. The van der Waals surface area contributed by atoms with Crippen molar-refractivity contribution in [2.45, 2.75) is 32.4 Å². The van der Waals surface area contributed by atoms with E-state index >= 15 is 0 Å². The number of aliphatic hydroxyl groups excluding tert-OH is 1. The molecule has 14 heavy (non-hydrogen) atoms. The Kier molecular flexibility index (Phi) is 4.65. The van der Waals surface area contributed by atoms with Crippen molar-refractivity contribution >= 4 is 15.9 Å². The lowest BCUT2D eigenvalue weighted by molar-refractivity contribution is 0.225. The molecule has 0 fully saturated rings. The molecule has 0 saturated heterocycles. The quantitative estimate of drug-likeness (QED) is 0.856. The Labute approximate surface area is 92.6 Å². The fourth-order valence-electron chi connectivity index (χ4n) is 1.34. The molecule has 0 aliphatic rings. The van der Waals surface area contributed by atoms with Crippen molar-refractivity contribution in [3.8, 4) is 0 Å². The van der Waals surface area contributed by atoms with Gasteiger partial charge in [-0.05, 0) is 35.3 Å². The van der Waals surface area contributed by atoms with Crippen LogP contribution in [0.5, 0.6) is 0 Å². The lowest BCUT2D eigenvalue weighted by atomic mass is 10.2. The van der Waals surface area contributed by atoms with Crippen molar-refractivity contribution in [2.24, 2.45) is 0 Å². The van der Waals surface area contributed by atoms with E-state index in [0.29, 0.717) is 0 Å². The number of hydrogen-bond acceptors (Lipinski definition) is 3. The summed E-state index contributed by atoms with van der Waals surface area (Å²) in [6, 6.07) is 2.10. The Morgan fingerprint density at radius 3 is 2.79 bits per heavy atom. The fraction of sp³-hybridized carbons (Fsp3) is 0.600. The number of nitrogens with one attached hydrogen (secondary N) is 1. The average Bonchev–Trinajstić information content (AvgIpc) is 2.60. The van der Waals surface area contributed by atoms with Crippen molar-refractivity contribution in [2.75, 3.05) is 6.61 Å². The van der Waals surface area contributed by atoms with E-state index in [9.17, 15) is 0 Å².